The van der Waals surface area contributed by atoms with E-state index in [1.54, 1.807) is 4.68 Å². The molecule has 1 aromatic carbocycles. The molecule has 2 rings (SSSR count). The summed E-state index contributed by atoms with van der Waals surface area (Å²) >= 11 is 14.7. The van der Waals surface area contributed by atoms with Gasteiger partial charge in [-0.2, -0.15) is 5.10 Å². The standard InChI is InChI=1S/C14H15BrClN3OS/c1-3-10-13(16)11(19(2)18-10)7-20-12-5-4-8(15)6-9(12)14(17)21/h4-6H,3,7H2,1-2H3,(H2,17,21). The quantitative estimate of drug-likeness (QED) is 0.795. The molecule has 0 saturated carbocycles. The fourth-order valence-electron chi connectivity index (χ4n) is 1.94. The van der Waals surface area contributed by atoms with E-state index in [0.717, 1.165) is 22.3 Å². The molecule has 7 heteroatoms. The number of nitrogens with zero attached hydrogens (tertiary/aromatic N) is 2. The number of aryl methyl sites for hydroxylation is 2. The van der Waals surface area contributed by atoms with Crippen LogP contribution in [-0.2, 0) is 20.1 Å². The Morgan fingerprint density at radius 3 is 2.81 bits per heavy atom. The van der Waals surface area contributed by atoms with Crippen LogP contribution in [-0.4, -0.2) is 14.8 Å². The van der Waals surface area contributed by atoms with Crippen molar-refractivity contribution in [2.75, 3.05) is 0 Å². The molecule has 4 nitrogen and oxygen atoms in total. The van der Waals surface area contributed by atoms with Crippen LogP contribution in [0.3, 0.4) is 0 Å². The smallest absolute Gasteiger partial charge is 0.131 e. The molecule has 2 aromatic rings. The SMILES string of the molecule is CCc1nn(C)c(COc2ccc(Br)cc2C(N)=S)c1Cl. The van der Waals surface area contributed by atoms with Gasteiger partial charge in [0.1, 0.15) is 17.3 Å². The highest BCUT2D eigenvalue weighted by Crippen LogP contribution is 2.26. The van der Waals surface area contributed by atoms with Gasteiger partial charge in [0, 0.05) is 11.5 Å². The van der Waals surface area contributed by atoms with Crippen molar-refractivity contribution >= 4 is 44.7 Å². The maximum absolute atomic E-state index is 6.30. The molecule has 21 heavy (non-hydrogen) atoms. The molecule has 0 aliphatic heterocycles. The Morgan fingerprint density at radius 1 is 1.52 bits per heavy atom. The van der Waals surface area contributed by atoms with E-state index in [0.29, 0.717) is 22.9 Å². The number of hydrogen-bond donors (Lipinski definition) is 1. The summed E-state index contributed by atoms with van der Waals surface area (Å²) in [6.07, 6.45) is 0.781. The van der Waals surface area contributed by atoms with Crippen LogP contribution >= 0.6 is 39.7 Å². The first kappa shape index (κ1) is 16.3. The Hall–Kier alpha value is -1.11. The topological polar surface area (TPSA) is 53.1 Å². The van der Waals surface area contributed by atoms with Gasteiger partial charge >= 0.3 is 0 Å². The van der Waals surface area contributed by atoms with Crippen molar-refractivity contribution in [1.82, 2.24) is 9.78 Å². The lowest BCUT2D eigenvalue weighted by Crippen LogP contribution is -2.12. The molecule has 1 heterocycles. The average Bonchev–Trinajstić information content (AvgIpc) is 2.72. The van der Waals surface area contributed by atoms with Gasteiger partial charge in [0.05, 0.1) is 22.0 Å². The molecule has 0 atom stereocenters. The Balaban J connectivity index is 2.25. The molecule has 0 amide bonds. The maximum Gasteiger partial charge on any atom is 0.131 e. The molecule has 0 aliphatic rings. The van der Waals surface area contributed by atoms with Crippen LogP contribution in [0.4, 0.5) is 0 Å². The van der Waals surface area contributed by atoms with Crippen molar-refractivity contribution in [1.29, 1.82) is 0 Å². The molecule has 0 unspecified atom stereocenters. The van der Waals surface area contributed by atoms with Crippen molar-refractivity contribution < 1.29 is 4.74 Å². The van der Waals surface area contributed by atoms with Crippen molar-refractivity contribution in [2.45, 2.75) is 20.0 Å². The second-order valence-electron chi connectivity index (χ2n) is 4.48. The lowest BCUT2D eigenvalue weighted by atomic mass is 10.2. The second kappa shape index (κ2) is 6.77. The number of hydrogen-bond acceptors (Lipinski definition) is 3. The van der Waals surface area contributed by atoms with E-state index < -0.39 is 0 Å². The lowest BCUT2D eigenvalue weighted by molar-refractivity contribution is 0.294. The van der Waals surface area contributed by atoms with Gasteiger partial charge in [-0.15, -0.1) is 0 Å². The minimum absolute atomic E-state index is 0.289. The second-order valence-corrected chi connectivity index (χ2v) is 6.21. The Morgan fingerprint density at radius 2 is 2.24 bits per heavy atom. The number of ether oxygens (including phenoxy) is 1. The summed E-state index contributed by atoms with van der Waals surface area (Å²) in [5, 5.41) is 5.01. The van der Waals surface area contributed by atoms with Gasteiger partial charge in [0.25, 0.3) is 0 Å². The molecule has 0 spiro atoms. The number of thiocarbonyl (C=S) groups is 1. The number of halogens is 2. The van der Waals surface area contributed by atoms with Gasteiger partial charge in [-0.25, -0.2) is 0 Å². The average molecular weight is 389 g/mol. The van der Waals surface area contributed by atoms with Gasteiger partial charge in [0.15, 0.2) is 0 Å². The third-order valence-electron chi connectivity index (χ3n) is 3.07. The largest absolute Gasteiger partial charge is 0.487 e. The summed E-state index contributed by atoms with van der Waals surface area (Å²) in [5.74, 6) is 0.626. The summed E-state index contributed by atoms with van der Waals surface area (Å²) in [7, 11) is 1.85. The molecule has 0 fully saturated rings. The van der Waals surface area contributed by atoms with Gasteiger partial charge in [-0.1, -0.05) is 46.7 Å². The fraction of sp³-hybridized carbons (Fsp3) is 0.286. The molecular formula is C14H15BrClN3OS. The number of rotatable bonds is 5. The van der Waals surface area contributed by atoms with Crippen LogP contribution in [0.2, 0.25) is 5.02 Å². The van der Waals surface area contributed by atoms with Gasteiger partial charge in [0.2, 0.25) is 0 Å². The monoisotopic (exact) mass is 387 g/mol. The van der Waals surface area contributed by atoms with Gasteiger partial charge < -0.3 is 10.5 Å². The number of aromatic nitrogens is 2. The van der Waals surface area contributed by atoms with Crippen LogP contribution in [0.25, 0.3) is 0 Å². The van der Waals surface area contributed by atoms with E-state index >= 15 is 0 Å². The summed E-state index contributed by atoms with van der Waals surface area (Å²) in [6.45, 7) is 2.32. The highest BCUT2D eigenvalue weighted by atomic mass is 79.9. The summed E-state index contributed by atoms with van der Waals surface area (Å²) < 4.78 is 8.45. The van der Waals surface area contributed by atoms with Gasteiger partial charge in [-0.05, 0) is 24.6 Å². The maximum atomic E-state index is 6.30. The molecule has 0 saturated heterocycles. The zero-order chi connectivity index (χ0) is 15.6. The van der Waals surface area contributed by atoms with E-state index in [9.17, 15) is 0 Å². The minimum Gasteiger partial charge on any atom is -0.487 e. The zero-order valence-electron chi connectivity index (χ0n) is 11.7. The van der Waals surface area contributed by atoms with Crippen LogP contribution in [0, 0.1) is 0 Å². The van der Waals surface area contributed by atoms with E-state index in [1.165, 1.54) is 0 Å². The van der Waals surface area contributed by atoms with Crippen LogP contribution in [0.1, 0.15) is 23.9 Å². The van der Waals surface area contributed by atoms with Crippen LogP contribution in [0.15, 0.2) is 22.7 Å². The fourth-order valence-corrected chi connectivity index (χ4v) is 2.81. The van der Waals surface area contributed by atoms with E-state index in [2.05, 4.69) is 21.0 Å². The van der Waals surface area contributed by atoms with Crippen molar-refractivity contribution in [3.8, 4) is 5.75 Å². The van der Waals surface area contributed by atoms with E-state index in [1.807, 2.05) is 32.2 Å². The predicted octanol–water partition coefficient (Wildman–Crippen LogP) is 3.61. The molecule has 0 bridgehead atoms. The Kier molecular flexibility index (Phi) is 5.24. The third-order valence-corrected chi connectivity index (χ3v) is 4.22. The highest BCUT2D eigenvalue weighted by Gasteiger charge is 2.15. The molecule has 112 valence electrons. The van der Waals surface area contributed by atoms with Gasteiger partial charge in [-0.3, -0.25) is 4.68 Å². The summed E-state index contributed by atoms with van der Waals surface area (Å²) in [6, 6.07) is 5.53. The zero-order valence-corrected chi connectivity index (χ0v) is 14.8. The molecule has 1 aromatic heterocycles. The highest BCUT2D eigenvalue weighted by molar-refractivity contribution is 9.10. The first-order valence-electron chi connectivity index (χ1n) is 6.36. The van der Waals surface area contributed by atoms with E-state index in [-0.39, 0.29) is 4.99 Å². The van der Waals surface area contributed by atoms with Crippen molar-refractivity contribution in [3.05, 3.63) is 44.6 Å². The third kappa shape index (κ3) is 3.56. The van der Waals surface area contributed by atoms with Crippen LogP contribution < -0.4 is 10.5 Å². The summed E-state index contributed by atoms with van der Waals surface area (Å²) in [4.78, 5) is 0.289. The minimum atomic E-state index is 0.289. The van der Waals surface area contributed by atoms with Crippen molar-refractivity contribution in [2.24, 2.45) is 12.8 Å². The first-order chi connectivity index (χ1) is 9.93. The molecule has 0 aliphatic carbocycles. The summed E-state index contributed by atoms with van der Waals surface area (Å²) in [5.41, 5.74) is 8.10. The molecular weight excluding hydrogens is 374 g/mol. The lowest BCUT2D eigenvalue weighted by Gasteiger charge is -2.11. The van der Waals surface area contributed by atoms with Crippen molar-refractivity contribution in [3.63, 3.8) is 0 Å². The number of nitrogens with two attached hydrogens (primary N) is 1. The Labute approximate surface area is 142 Å². The number of benzene rings is 1. The normalized spacial score (nSPS) is 10.7. The Bertz CT molecular complexity index is 687. The molecule has 0 radical (unpaired) electrons. The first-order valence-corrected chi connectivity index (χ1v) is 7.94. The predicted molar refractivity (Wildman–Crippen MR) is 92.0 cm³/mol. The van der Waals surface area contributed by atoms with E-state index in [4.69, 9.17) is 34.3 Å². The molecule has 2 N–H and O–H groups in total. The van der Waals surface area contributed by atoms with Crippen LogP contribution in [0.5, 0.6) is 5.75 Å².